The highest BCUT2D eigenvalue weighted by atomic mass is 16.6. The minimum absolute atomic E-state index is 0.0183. The van der Waals surface area contributed by atoms with Gasteiger partial charge in [0.05, 0.1) is 12.6 Å². The number of H-pyrrole nitrogens is 1. The number of alkyl carbamates (subject to hydrolysis) is 1. The molecule has 0 aliphatic carbocycles. The molecule has 136 valence electrons. The van der Waals surface area contributed by atoms with Gasteiger partial charge in [-0.1, -0.05) is 11.8 Å². The average Bonchev–Trinajstić information content (AvgIpc) is 2.90. The second-order valence-electron chi connectivity index (χ2n) is 6.85. The average molecular weight is 349 g/mol. The number of amides is 1. The summed E-state index contributed by atoms with van der Waals surface area (Å²) in [6.07, 6.45) is 2.01. The Morgan fingerprint density at radius 2 is 2.16 bits per heavy atom. The van der Waals surface area contributed by atoms with Crippen LogP contribution < -0.4 is 16.6 Å². The van der Waals surface area contributed by atoms with Gasteiger partial charge in [-0.3, -0.25) is 14.3 Å². The molecule has 1 fully saturated rings. The third-order valence-electron chi connectivity index (χ3n) is 3.43. The molecule has 2 rings (SSSR count). The lowest BCUT2D eigenvalue weighted by Gasteiger charge is -2.19. The van der Waals surface area contributed by atoms with Gasteiger partial charge < -0.3 is 14.8 Å². The SMILES string of the molecule is CC1CCC(n2cc(C#CCNC(=O)OC(C)(C)C)c(=O)[nH]c2=O)O1. The van der Waals surface area contributed by atoms with Crippen LogP contribution in [0, 0.1) is 11.8 Å². The Hall–Kier alpha value is -2.53. The summed E-state index contributed by atoms with van der Waals surface area (Å²) in [4.78, 5) is 37.6. The van der Waals surface area contributed by atoms with Gasteiger partial charge in [0.25, 0.3) is 5.56 Å². The van der Waals surface area contributed by atoms with E-state index in [4.69, 9.17) is 9.47 Å². The summed E-state index contributed by atoms with van der Waals surface area (Å²) in [5.74, 6) is 5.32. The highest BCUT2D eigenvalue weighted by molar-refractivity contribution is 5.68. The number of hydrogen-bond donors (Lipinski definition) is 2. The monoisotopic (exact) mass is 349 g/mol. The van der Waals surface area contributed by atoms with Crippen LogP contribution >= 0.6 is 0 Å². The topological polar surface area (TPSA) is 102 Å². The number of rotatable bonds is 2. The van der Waals surface area contributed by atoms with Gasteiger partial charge in [-0.25, -0.2) is 9.59 Å². The van der Waals surface area contributed by atoms with Crippen molar-refractivity contribution >= 4 is 6.09 Å². The maximum absolute atomic E-state index is 11.9. The number of aromatic amines is 1. The van der Waals surface area contributed by atoms with Crippen molar-refractivity contribution in [2.45, 2.75) is 58.5 Å². The van der Waals surface area contributed by atoms with E-state index >= 15 is 0 Å². The molecule has 0 radical (unpaired) electrons. The lowest BCUT2D eigenvalue weighted by Crippen LogP contribution is -2.34. The molecule has 0 aromatic carbocycles. The Balaban J connectivity index is 2.07. The highest BCUT2D eigenvalue weighted by Gasteiger charge is 2.24. The smallest absolute Gasteiger partial charge is 0.408 e. The molecule has 1 amide bonds. The molecule has 0 spiro atoms. The molecular formula is C17H23N3O5. The molecule has 1 aliphatic heterocycles. The maximum atomic E-state index is 11.9. The Labute approximate surface area is 145 Å². The number of aromatic nitrogens is 2. The summed E-state index contributed by atoms with van der Waals surface area (Å²) in [7, 11) is 0. The molecular weight excluding hydrogens is 326 g/mol. The molecule has 1 saturated heterocycles. The van der Waals surface area contributed by atoms with Crippen LogP contribution in [0.15, 0.2) is 15.8 Å². The van der Waals surface area contributed by atoms with Crippen LogP contribution in [0.5, 0.6) is 0 Å². The van der Waals surface area contributed by atoms with Crippen molar-refractivity contribution in [2.75, 3.05) is 6.54 Å². The quantitative estimate of drug-likeness (QED) is 0.779. The normalized spacial score (nSPS) is 19.8. The van der Waals surface area contributed by atoms with Crippen molar-refractivity contribution < 1.29 is 14.3 Å². The van der Waals surface area contributed by atoms with E-state index in [0.717, 1.165) is 6.42 Å². The molecule has 2 atom stereocenters. The third kappa shape index (κ3) is 5.50. The molecule has 8 heteroatoms. The Morgan fingerprint density at radius 3 is 2.76 bits per heavy atom. The standard InChI is InChI=1S/C17H23N3O5/c1-11-7-8-13(24-11)20-10-12(14(21)19-15(20)22)6-5-9-18-16(23)25-17(2,3)4/h10-11,13H,7-9H2,1-4H3,(H,18,23)(H,19,21,22). The number of carbonyl (C=O) groups is 1. The van der Waals surface area contributed by atoms with Gasteiger partial charge in [0.15, 0.2) is 0 Å². The predicted molar refractivity (Wildman–Crippen MR) is 91.3 cm³/mol. The van der Waals surface area contributed by atoms with E-state index in [2.05, 4.69) is 22.1 Å². The van der Waals surface area contributed by atoms with Gasteiger partial charge in [0, 0.05) is 6.20 Å². The molecule has 2 N–H and O–H groups in total. The van der Waals surface area contributed by atoms with Crippen LogP contribution in [0.4, 0.5) is 4.79 Å². The molecule has 1 aromatic rings. The predicted octanol–water partition coefficient (Wildman–Crippen LogP) is 1.11. The van der Waals surface area contributed by atoms with Gasteiger partial charge >= 0.3 is 11.8 Å². The van der Waals surface area contributed by atoms with E-state index in [-0.39, 0.29) is 18.2 Å². The van der Waals surface area contributed by atoms with Crippen LogP contribution in [0.1, 0.15) is 52.3 Å². The van der Waals surface area contributed by atoms with Crippen molar-refractivity contribution in [1.82, 2.24) is 14.9 Å². The van der Waals surface area contributed by atoms with Gasteiger partial charge in [0.2, 0.25) is 0 Å². The summed E-state index contributed by atoms with van der Waals surface area (Å²) in [6, 6.07) is 0. The van der Waals surface area contributed by atoms with Crippen LogP contribution in [0.25, 0.3) is 0 Å². The van der Waals surface area contributed by atoms with Gasteiger partial charge in [-0.15, -0.1) is 0 Å². The van der Waals surface area contributed by atoms with Crippen molar-refractivity contribution in [2.24, 2.45) is 0 Å². The maximum Gasteiger partial charge on any atom is 0.408 e. The fourth-order valence-corrected chi connectivity index (χ4v) is 2.34. The lowest BCUT2D eigenvalue weighted by molar-refractivity contribution is 0.00787. The molecule has 2 heterocycles. The van der Waals surface area contributed by atoms with Crippen LogP contribution in [-0.2, 0) is 9.47 Å². The van der Waals surface area contributed by atoms with Crippen LogP contribution in [0.3, 0.4) is 0 Å². The fraction of sp³-hybridized carbons (Fsp3) is 0.588. The fourth-order valence-electron chi connectivity index (χ4n) is 2.34. The van der Waals surface area contributed by atoms with Crippen LogP contribution in [0.2, 0.25) is 0 Å². The summed E-state index contributed by atoms with van der Waals surface area (Å²) in [5.41, 5.74) is -1.56. The molecule has 0 bridgehead atoms. The Kier molecular flexibility index (Phi) is 5.69. The van der Waals surface area contributed by atoms with Gasteiger partial charge in [0.1, 0.15) is 17.4 Å². The summed E-state index contributed by atoms with van der Waals surface area (Å²) >= 11 is 0. The van der Waals surface area contributed by atoms with Gasteiger partial charge in [-0.2, -0.15) is 0 Å². The largest absolute Gasteiger partial charge is 0.444 e. The molecule has 25 heavy (non-hydrogen) atoms. The van der Waals surface area contributed by atoms with E-state index in [1.807, 2.05) is 6.92 Å². The number of ether oxygens (including phenoxy) is 2. The molecule has 0 saturated carbocycles. The summed E-state index contributed by atoms with van der Waals surface area (Å²) < 4.78 is 12.1. The number of carbonyl (C=O) groups excluding carboxylic acids is 1. The first-order valence-electron chi connectivity index (χ1n) is 8.12. The van der Waals surface area contributed by atoms with E-state index < -0.39 is 29.2 Å². The Morgan fingerprint density at radius 1 is 1.44 bits per heavy atom. The van der Waals surface area contributed by atoms with Crippen molar-refractivity contribution in [1.29, 1.82) is 0 Å². The molecule has 8 nitrogen and oxygen atoms in total. The summed E-state index contributed by atoms with van der Waals surface area (Å²) in [5, 5.41) is 2.48. The zero-order valence-electron chi connectivity index (χ0n) is 14.8. The minimum Gasteiger partial charge on any atom is -0.444 e. The van der Waals surface area contributed by atoms with Crippen molar-refractivity contribution in [3.8, 4) is 11.8 Å². The molecule has 1 aliphatic rings. The van der Waals surface area contributed by atoms with E-state index in [0.29, 0.717) is 6.42 Å². The molecule has 2 unspecified atom stereocenters. The van der Waals surface area contributed by atoms with E-state index in [1.54, 1.807) is 20.8 Å². The van der Waals surface area contributed by atoms with Crippen molar-refractivity contribution in [3.05, 3.63) is 32.6 Å². The van der Waals surface area contributed by atoms with E-state index in [9.17, 15) is 14.4 Å². The first-order chi connectivity index (χ1) is 11.7. The zero-order chi connectivity index (χ0) is 18.6. The second-order valence-corrected chi connectivity index (χ2v) is 6.85. The third-order valence-corrected chi connectivity index (χ3v) is 3.43. The lowest BCUT2D eigenvalue weighted by atomic mass is 10.2. The van der Waals surface area contributed by atoms with Gasteiger partial charge in [-0.05, 0) is 40.5 Å². The first kappa shape index (κ1) is 18.8. The number of nitrogens with one attached hydrogen (secondary N) is 2. The minimum atomic E-state index is -0.595. The number of hydrogen-bond acceptors (Lipinski definition) is 5. The first-order valence-corrected chi connectivity index (χ1v) is 8.12. The zero-order valence-corrected chi connectivity index (χ0v) is 14.8. The number of nitrogens with zero attached hydrogens (tertiary/aromatic N) is 1. The summed E-state index contributed by atoms with van der Waals surface area (Å²) in [6.45, 7) is 7.22. The van der Waals surface area contributed by atoms with Crippen molar-refractivity contribution in [3.63, 3.8) is 0 Å². The Bertz CT molecular complexity index is 807. The van der Waals surface area contributed by atoms with Crippen LogP contribution in [-0.4, -0.2) is 33.9 Å². The molecule has 1 aromatic heterocycles. The second kappa shape index (κ2) is 7.57. The highest BCUT2D eigenvalue weighted by Crippen LogP contribution is 2.26. The van der Waals surface area contributed by atoms with E-state index in [1.165, 1.54) is 10.8 Å².